The first-order chi connectivity index (χ1) is 9.93. The van der Waals surface area contributed by atoms with Crippen molar-refractivity contribution in [3.63, 3.8) is 0 Å². The summed E-state index contributed by atoms with van der Waals surface area (Å²) in [4.78, 5) is 23.5. The molecule has 0 aliphatic rings. The molecule has 1 atom stereocenters. The fourth-order valence-electron chi connectivity index (χ4n) is 1.85. The number of para-hydroxylation sites is 1. The zero-order valence-electron chi connectivity index (χ0n) is 12.5. The first-order valence-corrected chi connectivity index (χ1v) is 7.17. The molecule has 0 heterocycles. The van der Waals surface area contributed by atoms with Crippen LogP contribution in [0.5, 0.6) is 0 Å². The number of hydrogen-bond acceptors (Lipinski definition) is 4. The molecule has 0 radical (unpaired) electrons. The molecule has 0 aliphatic carbocycles. The molecule has 5 nitrogen and oxygen atoms in total. The number of hydrogen-bond donors (Lipinski definition) is 2. The Hall–Kier alpha value is -1.59. The number of benzene rings is 1. The van der Waals surface area contributed by atoms with Crippen molar-refractivity contribution in [1.29, 1.82) is 0 Å². The van der Waals surface area contributed by atoms with Crippen molar-refractivity contribution in [3.05, 3.63) is 29.3 Å². The molecule has 1 unspecified atom stereocenters. The monoisotopic (exact) mass is 312 g/mol. The van der Waals surface area contributed by atoms with E-state index in [0.29, 0.717) is 23.0 Å². The van der Waals surface area contributed by atoms with Crippen LogP contribution in [0.25, 0.3) is 0 Å². The lowest BCUT2D eigenvalue weighted by Crippen LogP contribution is -2.42. The molecule has 0 fully saturated rings. The van der Waals surface area contributed by atoms with Crippen LogP contribution in [-0.4, -0.2) is 31.6 Å². The number of anilines is 1. The highest BCUT2D eigenvalue weighted by Gasteiger charge is 2.20. The predicted molar refractivity (Wildman–Crippen MR) is 83.3 cm³/mol. The molecule has 2 N–H and O–H groups in total. The van der Waals surface area contributed by atoms with Crippen LogP contribution < -0.4 is 10.6 Å². The number of halogens is 1. The third-order valence-corrected chi connectivity index (χ3v) is 3.18. The molecule has 1 amide bonds. The molecule has 21 heavy (non-hydrogen) atoms. The van der Waals surface area contributed by atoms with E-state index in [0.717, 1.165) is 0 Å². The van der Waals surface area contributed by atoms with Crippen molar-refractivity contribution in [1.82, 2.24) is 5.32 Å². The first kappa shape index (κ1) is 17.5. The lowest BCUT2D eigenvalue weighted by Gasteiger charge is -2.18. The van der Waals surface area contributed by atoms with Gasteiger partial charge in [0.1, 0.15) is 6.04 Å². The summed E-state index contributed by atoms with van der Waals surface area (Å²) in [5.74, 6) is -0.316. The number of methoxy groups -OCH3 is 1. The molecule has 0 spiro atoms. The van der Waals surface area contributed by atoms with Gasteiger partial charge in [0.05, 0.1) is 24.4 Å². The molecule has 6 heteroatoms. The molecule has 1 aromatic carbocycles. The summed E-state index contributed by atoms with van der Waals surface area (Å²) in [5, 5.41) is 6.07. The van der Waals surface area contributed by atoms with Crippen LogP contribution in [0.4, 0.5) is 5.69 Å². The fourth-order valence-corrected chi connectivity index (χ4v) is 2.03. The summed E-state index contributed by atoms with van der Waals surface area (Å²) in [7, 11) is 1.33. The van der Waals surface area contributed by atoms with Crippen molar-refractivity contribution in [2.24, 2.45) is 5.92 Å². The third-order valence-electron chi connectivity index (χ3n) is 2.85. The minimum atomic E-state index is -0.494. The Morgan fingerprint density at radius 2 is 1.95 bits per heavy atom. The lowest BCUT2D eigenvalue weighted by atomic mass is 10.0. The van der Waals surface area contributed by atoms with E-state index < -0.39 is 6.04 Å². The summed E-state index contributed by atoms with van der Waals surface area (Å²) >= 11 is 5.96. The van der Waals surface area contributed by atoms with E-state index in [-0.39, 0.29) is 18.4 Å². The molecule has 0 saturated heterocycles. The minimum Gasteiger partial charge on any atom is -0.468 e. The van der Waals surface area contributed by atoms with Gasteiger partial charge in [-0.25, -0.2) is 0 Å². The summed E-state index contributed by atoms with van der Waals surface area (Å²) in [5.41, 5.74) is 0.546. The van der Waals surface area contributed by atoms with E-state index in [2.05, 4.69) is 10.6 Å². The highest BCUT2D eigenvalue weighted by atomic mass is 35.5. The Balaban J connectivity index is 2.53. The average Bonchev–Trinajstić information content (AvgIpc) is 2.44. The van der Waals surface area contributed by atoms with Crippen LogP contribution in [0.1, 0.15) is 20.3 Å². The number of amides is 1. The maximum absolute atomic E-state index is 11.9. The average molecular weight is 313 g/mol. The highest BCUT2D eigenvalue weighted by molar-refractivity contribution is 6.33. The maximum Gasteiger partial charge on any atom is 0.322 e. The van der Waals surface area contributed by atoms with E-state index in [1.54, 1.807) is 24.3 Å². The second kappa shape index (κ2) is 8.64. The molecule has 1 aromatic rings. The molecule has 0 aromatic heterocycles. The number of ether oxygens (including phenoxy) is 1. The Morgan fingerprint density at radius 3 is 2.52 bits per heavy atom. The van der Waals surface area contributed by atoms with Crippen molar-refractivity contribution in [3.8, 4) is 0 Å². The van der Waals surface area contributed by atoms with E-state index >= 15 is 0 Å². The molecule has 0 aliphatic heterocycles. The largest absolute Gasteiger partial charge is 0.468 e. The number of carbonyl (C=O) groups is 2. The number of esters is 1. The highest BCUT2D eigenvalue weighted by Crippen LogP contribution is 2.20. The maximum atomic E-state index is 11.9. The standard InChI is InChI=1S/C15H21ClN2O3/c1-10(2)8-13(15(20)21-3)17-9-14(19)18-12-7-5-4-6-11(12)16/h4-7,10,13,17H,8-9H2,1-3H3,(H,18,19). The fraction of sp³-hybridized carbons (Fsp3) is 0.467. The summed E-state index contributed by atoms with van der Waals surface area (Å²) in [6.07, 6.45) is 0.603. The SMILES string of the molecule is COC(=O)C(CC(C)C)NCC(=O)Nc1ccccc1Cl. The van der Waals surface area contributed by atoms with Crippen LogP contribution in [0, 0.1) is 5.92 Å². The Labute approximate surface area is 130 Å². The van der Waals surface area contributed by atoms with E-state index in [4.69, 9.17) is 16.3 Å². The van der Waals surface area contributed by atoms with Crippen LogP contribution >= 0.6 is 11.6 Å². The van der Waals surface area contributed by atoms with Gasteiger partial charge >= 0.3 is 5.97 Å². The number of carbonyl (C=O) groups excluding carboxylic acids is 2. The second-order valence-corrected chi connectivity index (χ2v) is 5.52. The van der Waals surface area contributed by atoms with Crippen molar-refractivity contribution in [2.45, 2.75) is 26.3 Å². The van der Waals surface area contributed by atoms with E-state index in [9.17, 15) is 9.59 Å². The van der Waals surface area contributed by atoms with Gasteiger partial charge in [0.15, 0.2) is 0 Å². The van der Waals surface area contributed by atoms with Gasteiger partial charge in [-0.2, -0.15) is 0 Å². The van der Waals surface area contributed by atoms with Crippen LogP contribution in [0.3, 0.4) is 0 Å². The summed E-state index contributed by atoms with van der Waals surface area (Å²) in [6.45, 7) is 4.01. The van der Waals surface area contributed by atoms with Gasteiger partial charge in [-0.1, -0.05) is 37.6 Å². The molecule has 0 saturated carbocycles. The van der Waals surface area contributed by atoms with Gasteiger partial charge in [-0.05, 0) is 24.5 Å². The van der Waals surface area contributed by atoms with Crippen LogP contribution in [-0.2, 0) is 14.3 Å². The van der Waals surface area contributed by atoms with Crippen LogP contribution in [0.2, 0.25) is 5.02 Å². The van der Waals surface area contributed by atoms with Gasteiger partial charge in [0.25, 0.3) is 0 Å². The van der Waals surface area contributed by atoms with Crippen molar-refractivity contribution >= 4 is 29.2 Å². The molecular formula is C15H21ClN2O3. The third kappa shape index (κ3) is 6.14. The molecule has 1 rings (SSSR count). The molecule has 0 bridgehead atoms. The zero-order chi connectivity index (χ0) is 15.8. The summed E-state index contributed by atoms with van der Waals surface area (Å²) < 4.78 is 4.73. The van der Waals surface area contributed by atoms with Gasteiger partial charge in [-0.3, -0.25) is 14.9 Å². The normalized spacial score (nSPS) is 12.0. The van der Waals surface area contributed by atoms with Gasteiger partial charge < -0.3 is 10.1 Å². The number of nitrogens with one attached hydrogen (secondary N) is 2. The topological polar surface area (TPSA) is 67.4 Å². The van der Waals surface area contributed by atoms with Gasteiger partial charge in [0.2, 0.25) is 5.91 Å². The molecular weight excluding hydrogens is 292 g/mol. The first-order valence-electron chi connectivity index (χ1n) is 6.79. The zero-order valence-corrected chi connectivity index (χ0v) is 13.2. The Morgan fingerprint density at radius 1 is 1.29 bits per heavy atom. The minimum absolute atomic E-state index is 0.0116. The van der Waals surface area contributed by atoms with Crippen molar-refractivity contribution in [2.75, 3.05) is 19.0 Å². The molecule has 116 valence electrons. The summed E-state index contributed by atoms with van der Waals surface area (Å²) in [6, 6.07) is 6.48. The second-order valence-electron chi connectivity index (χ2n) is 5.11. The van der Waals surface area contributed by atoms with E-state index in [1.807, 2.05) is 13.8 Å². The van der Waals surface area contributed by atoms with Crippen LogP contribution in [0.15, 0.2) is 24.3 Å². The predicted octanol–water partition coefficient (Wildman–Crippen LogP) is 2.46. The Kier molecular flexibility index (Phi) is 7.19. The lowest BCUT2D eigenvalue weighted by molar-refractivity contribution is -0.143. The quantitative estimate of drug-likeness (QED) is 0.759. The van der Waals surface area contributed by atoms with Gasteiger partial charge in [0, 0.05) is 0 Å². The number of rotatable bonds is 7. The van der Waals surface area contributed by atoms with E-state index in [1.165, 1.54) is 7.11 Å². The smallest absolute Gasteiger partial charge is 0.322 e. The van der Waals surface area contributed by atoms with Crippen molar-refractivity contribution < 1.29 is 14.3 Å². The van der Waals surface area contributed by atoms with Gasteiger partial charge in [-0.15, -0.1) is 0 Å². The Bertz CT molecular complexity index is 492.